The van der Waals surface area contributed by atoms with Gasteiger partial charge in [-0.2, -0.15) is 8.42 Å². The molecule has 0 radical (unpaired) electrons. The number of halogens is 1. The zero-order valence-electron chi connectivity index (χ0n) is 9.33. The van der Waals surface area contributed by atoms with Gasteiger partial charge in [0.2, 0.25) is 0 Å². The first-order chi connectivity index (χ1) is 8.50. The highest BCUT2D eigenvalue weighted by atomic mass is 35.5. The van der Waals surface area contributed by atoms with E-state index in [-0.39, 0.29) is 5.16 Å². The molecular formula is C10H9ClN4O2S. The molecule has 0 saturated heterocycles. The van der Waals surface area contributed by atoms with E-state index in [1.165, 1.54) is 0 Å². The third-order valence-corrected chi connectivity index (χ3v) is 3.65. The maximum absolute atomic E-state index is 12.0. The van der Waals surface area contributed by atoms with E-state index in [4.69, 9.17) is 11.6 Å². The van der Waals surface area contributed by atoms with Crippen molar-refractivity contribution in [3.05, 3.63) is 41.4 Å². The lowest BCUT2D eigenvalue weighted by atomic mass is 10.2. The maximum Gasteiger partial charge on any atom is 0.297 e. The molecule has 2 rings (SSSR count). The summed E-state index contributed by atoms with van der Waals surface area (Å²) in [6, 6.07) is 5.08. The van der Waals surface area contributed by atoms with E-state index in [0.29, 0.717) is 16.3 Å². The summed E-state index contributed by atoms with van der Waals surface area (Å²) in [5.74, 6) is 0. The van der Waals surface area contributed by atoms with Crippen LogP contribution in [0.5, 0.6) is 0 Å². The van der Waals surface area contributed by atoms with Crippen LogP contribution in [0, 0.1) is 6.92 Å². The molecule has 94 valence electrons. The lowest BCUT2D eigenvalue weighted by molar-refractivity contribution is 0.591. The Morgan fingerprint density at radius 1 is 1.22 bits per heavy atom. The molecule has 0 aliphatic rings. The minimum atomic E-state index is -3.86. The molecule has 0 aliphatic carbocycles. The van der Waals surface area contributed by atoms with Crippen LogP contribution in [-0.4, -0.2) is 23.4 Å². The molecule has 8 heteroatoms. The lowest BCUT2D eigenvalue weighted by Crippen LogP contribution is -2.17. The minimum Gasteiger partial charge on any atom is -0.275 e. The summed E-state index contributed by atoms with van der Waals surface area (Å²) in [6.45, 7) is 1.75. The molecule has 0 unspecified atom stereocenters. The molecule has 1 aromatic carbocycles. The number of hydrogen-bond acceptors (Lipinski definition) is 5. The Morgan fingerprint density at radius 2 is 1.89 bits per heavy atom. The largest absolute Gasteiger partial charge is 0.297 e. The second kappa shape index (κ2) is 4.87. The van der Waals surface area contributed by atoms with Crippen LogP contribution in [-0.2, 0) is 10.0 Å². The van der Waals surface area contributed by atoms with Gasteiger partial charge in [0.25, 0.3) is 15.2 Å². The number of nitrogens with zero attached hydrogens (tertiary/aromatic N) is 3. The van der Waals surface area contributed by atoms with Gasteiger partial charge in [-0.1, -0.05) is 23.7 Å². The molecule has 2 aromatic rings. The summed E-state index contributed by atoms with van der Waals surface area (Å²) in [5, 5.41) is -0.0375. The highest BCUT2D eigenvalue weighted by molar-refractivity contribution is 7.92. The van der Waals surface area contributed by atoms with Crippen LogP contribution in [0.2, 0.25) is 5.02 Å². The topological polar surface area (TPSA) is 84.8 Å². The molecule has 1 N–H and O–H groups in total. The molecule has 0 atom stereocenters. The average molecular weight is 285 g/mol. The quantitative estimate of drug-likeness (QED) is 0.926. The fourth-order valence-electron chi connectivity index (χ4n) is 1.31. The third-order valence-electron chi connectivity index (χ3n) is 2.17. The van der Waals surface area contributed by atoms with E-state index in [1.807, 2.05) is 0 Å². The Morgan fingerprint density at radius 3 is 2.50 bits per heavy atom. The highest BCUT2D eigenvalue weighted by Gasteiger charge is 2.19. The van der Waals surface area contributed by atoms with Crippen LogP contribution < -0.4 is 4.72 Å². The van der Waals surface area contributed by atoms with Gasteiger partial charge >= 0.3 is 0 Å². The van der Waals surface area contributed by atoms with Gasteiger partial charge in [0.05, 0.1) is 10.7 Å². The van der Waals surface area contributed by atoms with Crippen LogP contribution in [0.3, 0.4) is 0 Å². The van der Waals surface area contributed by atoms with Gasteiger partial charge in [-0.05, 0) is 18.6 Å². The van der Waals surface area contributed by atoms with Crippen LogP contribution in [0.15, 0.2) is 36.0 Å². The van der Waals surface area contributed by atoms with Crippen molar-refractivity contribution in [3.8, 4) is 0 Å². The average Bonchev–Trinajstić information content (AvgIpc) is 2.35. The van der Waals surface area contributed by atoms with Gasteiger partial charge in [0.15, 0.2) is 0 Å². The van der Waals surface area contributed by atoms with Crippen molar-refractivity contribution in [2.75, 3.05) is 4.72 Å². The van der Waals surface area contributed by atoms with Crippen molar-refractivity contribution in [1.29, 1.82) is 0 Å². The standard InChI is InChI=1S/C10H9ClN4O2S/c1-7-3-2-4-8(11)9(7)15-18(16,17)10-13-5-12-6-14-10/h2-6,15H,1H3. The summed E-state index contributed by atoms with van der Waals surface area (Å²) in [7, 11) is -3.86. The lowest BCUT2D eigenvalue weighted by Gasteiger charge is -2.10. The van der Waals surface area contributed by atoms with Crippen molar-refractivity contribution in [1.82, 2.24) is 15.0 Å². The van der Waals surface area contributed by atoms with Crippen LogP contribution in [0.25, 0.3) is 0 Å². The summed E-state index contributed by atoms with van der Waals surface area (Å²) >= 11 is 5.94. The van der Waals surface area contributed by atoms with Gasteiger partial charge in [-0.25, -0.2) is 15.0 Å². The molecule has 1 heterocycles. The zero-order valence-corrected chi connectivity index (χ0v) is 10.9. The monoisotopic (exact) mass is 284 g/mol. The van der Waals surface area contributed by atoms with Crippen molar-refractivity contribution in [2.45, 2.75) is 12.1 Å². The van der Waals surface area contributed by atoms with E-state index in [0.717, 1.165) is 12.7 Å². The number of para-hydroxylation sites is 1. The highest BCUT2D eigenvalue weighted by Crippen LogP contribution is 2.26. The first-order valence-corrected chi connectivity index (χ1v) is 6.77. The number of aryl methyl sites for hydroxylation is 1. The predicted octanol–water partition coefficient (Wildman–Crippen LogP) is 1.63. The predicted molar refractivity (Wildman–Crippen MR) is 66.8 cm³/mol. The molecule has 0 aliphatic heterocycles. The number of hydrogen-bond donors (Lipinski definition) is 1. The number of sulfonamides is 1. The number of rotatable bonds is 3. The fraction of sp³-hybridized carbons (Fsp3) is 0.100. The Labute approximate surface area is 109 Å². The second-order valence-corrected chi connectivity index (χ2v) is 5.44. The van der Waals surface area contributed by atoms with E-state index in [9.17, 15) is 8.42 Å². The molecule has 6 nitrogen and oxygen atoms in total. The van der Waals surface area contributed by atoms with E-state index < -0.39 is 10.0 Å². The molecule has 0 spiro atoms. The molecule has 0 bridgehead atoms. The Kier molecular flexibility index (Phi) is 3.44. The Balaban J connectivity index is 2.41. The smallest absolute Gasteiger partial charge is 0.275 e. The Bertz CT molecular complexity index is 641. The summed E-state index contributed by atoms with van der Waals surface area (Å²) in [6.07, 6.45) is 2.22. The van der Waals surface area contributed by atoms with Crippen molar-refractivity contribution < 1.29 is 8.42 Å². The normalized spacial score (nSPS) is 11.2. The molecule has 0 saturated carbocycles. The number of aromatic nitrogens is 3. The van der Waals surface area contributed by atoms with Gasteiger partial charge in [-0.15, -0.1) is 0 Å². The van der Waals surface area contributed by atoms with Crippen molar-refractivity contribution in [3.63, 3.8) is 0 Å². The van der Waals surface area contributed by atoms with Crippen LogP contribution in [0.1, 0.15) is 5.56 Å². The number of anilines is 1. The molecule has 0 amide bonds. The molecule has 18 heavy (non-hydrogen) atoms. The SMILES string of the molecule is Cc1cccc(Cl)c1NS(=O)(=O)c1ncncn1. The second-order valence-electron chi connectivity index (χ2n) is 3.46. The number of nitrogens with one attached hydrogen (secondary N) is 1. The third kappa shape index (κ3) is 2.57. The maximum atomic E-state index is 12.0. The van der Waals surface area contributed by atoms with Crippen LogP contribution >= 0.6 is 11.6 Å². The Hall–Kier alpha value is -1.73. The first-order valence-electron chi connectivity index (χ1n) is 4.90. The fourth-order valence-corrected chi connectivity index (χ4v) is 2.64. The number of benzene rings is 1. The molecule has 0 fully saturated rings. The van der Waals surface area contributed by atoms with Gasteiger partial charge in [0, 0.05) is 0 Å². The van der Waals surface area contributed by atoms with Crippen molar-refractivity contribution >= 4 is 27.3 Å². The molecule has 1 aromatic heterocycles. The minimum absolute atomic E-state index is 0.313. The van der Waals surface area contributed by atoms with Crippen molar-refractivity contribution in [2.24, 2.45) is 0 Å². The van der Waals surface area contributed by atoms with Gasteiger partial charge in [-0.3, -0.25) is 4.72 Å². The summed E-state index contributed by atoms with van der Waals surface area (Å²) in [4.78, 5) is 10.7. The summed E-state index contributed by atoms with van der Waals surface area (Å²) < 4.78 is 26.3. The van der Waals surface area contributed by atoms with Gasteiger partial charge in [0.1, 0.15) is 12.7 Å². The van der Waals surface area contributed by atoms with E-state index >= 15 is 0 Å². The summed E-state index contributed by atoms with van der Waals surface area (Å²) in [5.41, 5.74) is 1.03. The van der Waals surface area contributed by atoms with E-state index in [1.54, 1.807) is 25.1 Å². The first kappa shape index (κ1) is 12.7. The molecular weight excluding hydrogens is 276 g/mol. The zero-order chi connectivity index (χ0) is 13.2. The van der Waals surface area contributed by atoms with Crippen LogP contribution in [0.4, 0.5) is 5.69 Å². The van der Waals surface area contributed by atoms with E-state index in [2.05, 4.69) is 19.7 Å². The van der Waals surface area contributed by atoms with Gasteiger partial charge < -0.3 is 0 Å².